The predicted molar refractivity (Wildman–Crippen MR) is 93.0 cm³/mol. The lowest BCUT2D eigenvalue weighted by Gasteiger charge is -2.21. The van der Waals surface area contributed by atoms with Crippen molar-refractivity contribution in [3.63, 3.8) is 0 Å². The second-order valence-corrected chi connectivity index (χ2v) is 6.61. The summed E-state index contributed by atoms with van der Waals surface area (Å²) in [6, 6.07) is 18.4. The number of benzene rings is 2. The molecular formula is C19H15NO2S. The van der Waals surface area contributed by atoms with E-state index >= 15 is 0 Å². The minimum atomic E-state index is -0.0884. The van der Waals surface area contributed by atoms with Crippen LogP contribution in [-0.2, 0) is 0 Å². The van der Waals surface area contributed by atoms with Crippen molar-refractivity contribution < 1.29 is 4.74 Å². The van der Waals surface area contributed by atoms with Crippen molar-refractivity contribution >= 4 is 17.1 Å². The van der Waals surface area contributed by atoms with Crippen LogP contribution in [0, 0.1) is 6.92 Å². The molecule has 0 saturated carbocycles. The van der Waals surface area contributed by atoms with Crippen molar-refractivity contribution in [2.75, 3.05) is 0 Å². The summed E-state index contributed by atoms with van der Waals surface area (Å²) in [7, 11) is 0. The summed E-state index contributed by atoms with van der Waals surface area (Å²) in [5.74, 6) is 1.37. The van der Waals surface area contributed by atoms with Gasteiger partial charge < -0.3 is 4.74 Å². The highest BCUT2D eigenvalue weighted by Crippen LogP contribution is 2.41. The summed E-state index contributed by atoms with van der Waals surface area (Å²) >= 11 is 1.21. The Bertz CT molecular complexity index is 920. The lowest BCUT2D eigenvalue weighted by atomic mass is 9.94. The maximum absolute atomic E-state index is 11.8. The highest BCUT2D eigenvalue weighted by atomic mass is 32.1. The summed E-state index contributed by atoms with van der Waals surface area (Å²) < 4.78 is 5.95. The molecule has 3 aromatic rings. The van der Waals surface area contributed by atoms with Crippen LogP contribution in [0.1, 0.15) is 27.5 Å². The first-order valence-electron chi connectivity index (χ1n) is 7.45. The second kappa shape index (κ2) is 5.56. The molecule has 0 bridgehead atoms. The number of ether oxygens (including phenoxy) is 1. The molecule has 114 valence electrons. The van der Waals surface area contributed by atoms with Crippen LogP contribution in [0.5, 0.6) is 5.88 Å². The van der Waals surface area contributed by atoms with Gasteiger partial charge in [-0.2, -0.15) is 0 Å². The normalized spacial score (nSPS) is 16.4. The van der Waals surface area contributed by atoms with E-state index in [1.807, 2.05) is 30.3 Å². The van der Waals surface area contributed by atoms with Crippen molar-refractivity contribution in [1.82, 2.24) is 4.98 Å². The number of hydrogen-bond acceptors (Lipinski definition) is 3. The first-order valence-corrected chi connectivity index (χ1v) is 8.27. The second-order valence-electron chi connectivity index (χ2n) is 5.60. The van der Waals surface area contributed by atoms with Crippen LogP contribution in [0.4, 0.5) is 0 Å². The quantitative estimate of drug-likeness (QED) is 0.764. The van der Waals surface area contributed by atoms with Crippen LogP contribution in [0.15, 0.2) is 65.5 Å². The molecule has 4 heteroatoms. The third kappa shape index (κ3) is 2.62. The molecule has 1 unspecified atom stereocenters. The van der Waals surface area contributed by atoms with Crippen molar-refractivity contribution in [1.29, 1.82) is 0 Å². The van der Waals surface area contributed by atoms with Crippen LogP contribution in [0.2, 0.25) is 0 Å². The average Bonchev–Trinajstić information content (AvgIpc) is 2.95. The minimum absolute atomic E-state index is 0.0280. The van der Waals surface area contributed by atoms with Gasteiger partial charge in [-0.1, -0.05) is 71.5 Å². The Morgan fingerprint density at radius 2 is 1.78 bits per heavy atom. The van der Waals surface area contributed by atoms with E-state index in [9.17, 15) is 4.79 Å². The number of aromatic nitrogens is 1. The molecule has 0 spiro atoms. The maximum Gasteiger partial charge on any atom is 0.307 e. The Balaban J connectivity index is 1.84. The first kappa shape index (κ1) is 14.0. The number of rotatable bonds is 2. The van der Waals surface area contributed by atoms with E-state index in [1.54, 1.807) is 0 Å². The molecule has 1 aliphatic rings. The summed E-state index contributed by atoms with van der Waals surface area (Å²) in [4.78, 5) is 15.4. The lowest BCUT2D eigenvalue weighted by Crippen LogP contribution is -2.09. The zero-order valence-electron chi connectivity index (χ0n) is 12.6. The van der Waals surface area contributed by atoms with Gasteiger partial charge in [-0.3, -0.25) is 9.78 Å². The number of allylic oxidation sites excluding steroid dienone is 1. The minimum Gasteiger partial charge on any atom is -0.439 e. The molecule has 1 aromatic heterocycles. The molecule has 1 aliphatic heterocycles. The summed E-state index contributed by atoms with van der Waals surface area (Å²) in [6.07, 6.45) is 2.09. The molecule has 4 rings (SSSR count). The fourth-order valence-electron chi connectivity index (χ4n) is 2.76. The molecule has 0 radical (unpaired) electrons. The molecule has 23 heavy (non-hydrogen) atoms. The van der Waals surface area contributed by atoms with Crippen molar-refractivity contribution in [3.8, 4) is 5.88 Å². The van der Waals surface area contributed by atoms with Gasteiger partial charge in [0.25, 0.3) is 0 Å². The largest absolute Gasteiger partial charge is 0.439 e. The topological polar surface area (TPSA) is 42.1 Å². The Morgan fingerprint density at radius 1 is 1.04 bits per heavy atom. The third-order valence-electron chi connectivity index (χ3n) is 3.95. The lowest BCUT2D eigenvalue weighted by molar-refractivity contribution is 0.476. The van der Waals surface area contributed by atoms with Crippen LogP contribution in [0.3, 0.4) is 0 Å². The number of H-pyrrole nitrogens is 1. The van der Waals surface area contributed by atoms with Crippen LogP contribution < -0.4 is 9.61 Å². The molecule has 0 amide bonds. The predicted octanol–water partition coefficient (Wildman–Crippen LogP) is 4.31. The van der Waals surface area contributed by atoms with Gasteiger partial charge >= 0.3 is 4.87 Å². The number of aryl methyl sites for hydroxylation is 1. The van der Waals surface area contributed by atoms with Crippen LogP contribution in [0.25, 0.3) is 5.76 Å². The van der Waals surface area contributed by atoms with Crippen molar-refractivity contribution in [3.05, 3.63) is 91.9 Å². The van der Waals surface area contributed by atoms with E-state index in [2.05, 4.69) is 42.2 Å². The molecule has 1 atom stereocenters. The zero-order chi connectivity index (χ0) is 15.8. The Hall–Kier alpha value is -2.59. The molecule has 0 saturated heterocycles. The number of thiazole rings is 1. The van der Waals surface area contributed by atoms with Crippen LogP contribution in [-0.4, -0.2) is 4.98 Å². The van der Waals surface area contributed by atoms with E-state index in [0.29, 0.717) is 5.88 Å². The fraction of sp³-hybridized carbons (Fsp3) is 0.105. The SMILES string of the molecule is Cc1ccc(C2=CC(c3ccccc3)c3sc(=O)[nH]c3O2)cc1. The molecule has 3 nitrogen and oxygen atoms in total. The summed E-state index contributed by atoms with van der Waals surface area (Å²) in [5, 5.41) is 0. The van der Waals surface area contributed by atoms with Gasteiger partial charge in [0.1, 0.15) is 5.76 Å². The molecule has 2 aromatic carbocycles. The van der Waals surface area contributed by atoms with E-state index in [1.165, 1.54) is 16.9 Å². The third-order valence-corrected chi connectivity index (χ3v) is 4.90. The summed E-state index contributed by atoms with van der Waals surface area (Å²) in [6.45, 7) is 2.06. The molecule has 1 N–H and O–H groups in total. The number of hydrogen-bond donors (Lipinski definition) is 1. The monoisotopic (exact) mass is 321 g/mol. The number of nitrogens with one attached hydrogen (secondary N) is 1. The molecule has 0 aliphatic carbocycles. The fourth-order valence-corrected chi connectivity index (χ4v) is 3.62. The van der Waals surface area contributed by atoms with E-state index in [4.69, 9.17) is 4.74 Å². The van der Waals surface area contributed by atoms with Crippen molar-refractivity contribution in [2.45, 2.75) is 12.8 Å². The Kier molecular flexibility index (Phi) is 3.39. The molecule has 0 fully saturated rings. The Morgan fingerprint density at radius 3 is 2.52 bits per heavy atom. The van der Waals surface area contributed by atoms with E-state index in [0.717, 1.165) is 21.8 Å². The first-order chi connectivity index (χ1) is 11.2. The average molecular weight is 321 g/mol. The van der Waals surface area contributed by atoms with Gasteiger partial charge in [0.15, 0.2) is 0 Å². The van der Waals surface area contributed by atoms with Gasteiger partial charge in [0.05, 0.1) is 4.88 Å². The highest BCUT2D eigenvalue weighted by Gasteiger charge is 2.27. The number of aromatic amines is 1. The molecule has 2 heterocycles. The molecular weight excluding hydrogens is 306 g/mol. The van der Waals surface area contributed by atoms with Gasteiger partial charge in [-0.15, -0.1) is 0 Å². The van der Waals surface area contributed by atoms with Gasteiger partial charge in [-0.25, -0.2) is 0 Å². The van der Waals surface area contributed by atoms with Gasteiger partial charge in [-0.05, 0) is 18.6 Å². The highest BCUT2D eigenvalue weighted by molar-refractivity contribution is 7.09. The van der Waals surface area contributed by atoms with E-state index < -0.39 is 0 Å². The van der Waals surface area contributed by atoms with Crippen molar-refractivity contribution in [2.24, 2.45) is 0 Å². The zero-order valence-corrected chi connectivity index (χ0v) is 13.4. The standard InChI is InChI=1S/C19H15NO2S/c1-12-7-9-14(10-8-12)16-11-15(13-5-3-2-4-6-13)17-18(22-16)20-19(21)23-17/h2-11,15H,1H3,(H,20,21). The van der Waals surface area contributed by atoms with Gasteiger partial charge in [0, 0.05) is 11.5 Å². The smallest absolute Gasteiger partial charge is 0.307 e. The maximum atomic E-state index is 11.8. The Labute approximate surface area is 137 Å². The van der Waals surface area contributed by atoms with Crippen LogP contribution >= 0.6 is 11.3 Å². The van der Waals surface area contributed by atoms with E-state index in [-0.39, 0.29) is 10.8 Å². The van der Waals surface area contributed by atoms with Gasteiger partial charge in [0.2, 0.25) is 5.88 Å². The summed E-state index contributed by atoms with van der Waals surface area (Å²) in [5.41, 5.74) is 3.36. The number of fused-ring (bicyclic) bond motifs is 1.